The Hall–Kier alpha value is -1.85. The first-order valence-electron chi connectivity index (χ1n) is 5.51. The molecule has 0 aliphatic heterocycles. The Morgan fingerprint density at radius 2 is 2.24 bits per heavy atom. The van der Waals surface area contributed by atoms with Crippen LogP contribution in [0.25, 0.3) is 0 Å². The number of carboxylic acids is 1. The number of imidazole rings is 1. The van der Waals surface area contributed by atoms with Crippen LogP contribution >= 0.6 is 0 Å². The number of amides is 1. The van der Waals surface area contributed by atoms with E-state index >= 15 is 0 Å². The molecule has 94 valence electrons. The standard InChI is InChI=1S/C11H17N3O3/c1-8(2)5-10(15)12-3-4-14-6-9(11(16)17)13-7-14/h6-8H,3-5H2,1-2H3,(H,12,15)(H,16,17). The van der Waals surface area contributed by atoms with Crippen LogP contribution in [0.5, 0.6) is 0 Å². The SMILES string of the molecule is CC(C)CC(=O)NCCn1cnc(C(=O)O)c1. The van der Waals surface area contributed by atoms with Gasteiger partial charge >= 0.3 is 5.97 Å². The molecule has 1 rings (SSSR count). The fraction of sp³-hybridized carbons (Fsp3) is 0.545. The molecule has 1 aromatic heterocycles. The maximum Gasteiger partial charge on any atom is 0.356 e. The molecule has 0 aliphatic rings. The van der Waals surface area contributed by atoms with Crippen LogP contribution in [0.3, 0.4) is 0 Å². The molecule has 1 heterocycles. The van der Waals surface area contributed by atoms with Crippen LogP contribution in [-0.4, -0.2) is 33.1 Å². The molecule has 2 N–H and O–H groups in total. The summed E-state index contributed by atoms with van der Waals surface area (Å²) in [5.41, 5.74) is 0.0125. The summed E-state index contributed by atoms with van der Waals surface area (Å²) in [5, 5.41) is 11.4. The van der Waals surface area contributed by atoms with E-state index in [0.29, 0.717) is 25.4 Å². The maximum atomic E-state index is 11.3. The Morgan fingerprint density at radius 3 is 2.76 bits per heavy atom. The first kappa shape index (κ1) is 13.2. The lowest BCUT2D eigenvalue weighted by molar-refractivity contribution is -0.121. The summed E-state index contributed by atoms with van der Waals surface area (Å²) in [7, 11) is 0. The van der Waals surface area contributed by atoms with Crippen LogP contribution in [0, 0.1) is 5.92 Å². The van der Waals surface area contributed by atoms with Gasteiger partial charge in [-0.15, -0.1) is 0 Å². The molecule has 17 heavy (non-hydrogen) atoms. The lowest BCUT2D eigenvalue weighted by Crippen LogP contribution is -2.27. The average molecular weight is 239 g/mol. The number of hydrogen-bond acceptors (Lipinski definition) is 3. The number of carbonyl (C=O) groups excluding carboxylic acids is 1. The molecule has 0 aliphatic carbocycles. The first-order valence-corrected chi connectivity index (χ1v) is 5.51. The van der Waals surface area contributed by atoms with E-state index in [2.05, 4.69) is 10.3 Å². The molecule has 0 radical (unpaired) electrons. The summed E-state index contributed by atoms with van der Waals surface area (Å²) >= 11 is 0. The zero-order valence-corrected chi connectivity index (χ0v) is 10.0. The van der Waals surface area contributed by atoms with E-state index in [9.17, 15) is 9.59 Å². The summed E-state index contributed by atoms with van der Waals surface area (Å²) in [4.78, 5) is 25.6. The van der Waals surface area contributed by atoms with Gasteiger partial charge in [0.2, 0.25) is 5.91 Å². The number of carboxylic acid groups (broad SMARTS) is 1. The van der Waals surface area contributed by atoms with E-state index in [1.54, 1.807) is 4.57 Å². The predicted octanol–water partition coefficient (Wildman–Crippen LogP) is 0.744. The molecule has 0 saturated heterocycles. The Kier molecular flexibility index (Phi) is 4.68. The van der Waals surface area contributed by atoms with Crippen molar-refractivity contribution in [3.63, 3.8) is 0 Å². The third-order valence-corrected chi connectivity index (χ3v) is 2.14. The average Bonchev–Trinajstić information content (AvgIpc) is 2.65. The van der Waals surface area contributed by atoms with Crippen molar-refractivity contribution in [1.82, 2.24) is 14.9 Å². The van der Waals surface area contributed by atoms with Crippen molar-refractivity contribution in [2.75, 3.05) is 6.54 Å². The Balaban J connectivity index is 2.31. The van der Waals surface area contributed by atoms with Gasteiger partial charge in [-0.05, 0) is 5.92 Å². The molecule has 6 nitrogen and oxygen atoms in total. The molecule has 0 spiro atoms. The fourth-order valence-electron chi connectivity index (χ4n) is 1.36. The first-order chi connectivity index (χ1) is 7.99. The Morgan fingerprint density at radius 1 is 1.53 bits per heavy atom. The van der Waals surface area contributed by atoms with Gasteiger partial charge in [0.25, 0.3) is 0 Å². The fourth-order valence-corrected chi connectivity index (χ4v) is 1.36. The molecule has 0 atom stereocenters. The van der Waals surface area contributed by atoms with Crippen LogP contribution in [-0.2, 0) is 11.3 Å². The molecule has 6 heteroatoms. The number of nitrogens with zero attached hydrogens (tertiary/aromatic N) is 2. The highest BCUT2D eigenvalue weighted by Crippen LogP contribution is 1.98. The maximum absolute atomic E-state index is 11.3. The normalized spacial score (nSPS) is 10.5. The van der Waals surface area contributed by atoms with Gasteiger partial charge in [-0.3, -0.25) is 4.79 Å². The molecular weight excluding hydrogens is 222 g/mol. The van der Waals surface area contributed by atoms with Gasteiger partial charge in [0.15, 0.2) is 5.69 Å². The molecule has 0 saturated carbocycles. The van der Waals surface area contributed by atoms with Gasteiger partial charge in [-0.1, -0.05) is 13.8 Å². The summed E-state index contributed by atoms with van der Waals surface area (Å²) in [6, 6.07) is 0. The lowest BCUT2D eigenvalue weighted by Gasteiger charge is -2.07. The van der Waals surface area contributed by atoms with Crippen LogP contribution in [0.1, 0.15) is 30.8 Å². The van der Waals surface area contributed by atoms with Crippen molar-refractivity contribution in [3.05, 3.63) is 18.2 Å². The van der Waals surface area contributed by atoms with Crippen molar-refractivity contribution < 1.29 is 14.7 Å². The molecule has 1 aromatic rings. The van der Waals surface area contributed by atoms with E-state index < -0.39 is 5.97 Å². The lowest BCUT2D eigenvalue weighted by atomic mass is 10.1. The topological polar surface area (TPSA) is 84.2 Å². The minimum atomic E-state index is -1.05. The highest BCUT2D eigenvalue weighted by molar-refractivity contribution is 5.84. The van der Waals surface area contributed by atoms with E-state index in [4.69, 9.17) is 5.11 Å². The van der Waals surface area contributed by atoms with Crippen molar-refractivity contribution >= 4 is 11.9 Å². The van der Waals surface area contributed by atoms with Crippen LogP contribution in [0.4, 0.5) is 0 Å². The second-order valence-corrected chi connectivity index (χ2v) is 4.25. The summed E-state index contributed by atoms with van der Waals surface area (Å²) in [6.45, 7) is 4.95. The van der Waals surface area contributed by atoms with E-state index in [1.165, 1.54) is 12.5 Å². The molecular formula is C11H17N3O3. The van der Waals surface area contributed by atoms with Gasteiger partial charge < -0.3 is 15.0 Å². The number of carbonyl (C=O) groups is 2. The summed E-state index contributed by atoms with van der Waals surface area (Å²) in [5.74, 6) is -0.701. The van der Waals surface area contributed by atoms with Gasteiger partial charge in [0.1, 0.15) is 0 Å². The highest BCUT2D eigenvalue weighted by atomic mass is 16.4. The molecule has 0 aromatic carbocycles. The van der Waals surface area contributed by atoms with Gasteiger partial charge in [0, 0.05) is 25.7 Å². The van der Waals surface area contributed by atoms with Crippen LogP contribution in [0.2, 0.25) is 0 Å². The van der Waals surface area contributed by atoms with Crippen molar-refractivity contribution in [2.24, 2.45) is 5.92 Å². The van der Waals surface area contributed by atoms with Crippen LogP contribution in [0.15, 0.2) is 12.5 Å². The van der Waals surface area contributed by atoms with E-state index in [1.807, 2.05) is 13.8 Å². The molecule has 0 fully saturated rings. The minimum absolute atomic E-state index is 0.0125. The molecule has 0 unspecified atom stereocenters. The monoisotopic (exact) mass is 239 g/mol. The smallest absolute Gasteiger partial charge is 0.356 e. The Bertz CT molecular complexity index is 398. The predicted molar refractivity (Wildman–Crippen MR) is 61.7 cm³/mol. The summed E-state index contributed by atoms with van der Waals surface area (Å²) in [6.07, 6.45) is 3.39. The zero-order chi connectivity index (χ0) is 12.8. The second kappa shape index (κ2) is 6.03. The van der Waals surface area contributed by atoms with Gasteiger partial charge in [0.05, 0.1) is 6.33 Å². The quantitative estimate of drug-likeness (QED) is 0.767. The Labute approximate surface area is 99.7 Å². The second-order valence-electron chi connectivity index (χ2n) is 4.25. The van der Waals surface area contributed by atoms with Crippen molar-refractivity contribution in [1.29, 1.82) is 0 Å². The van der Waals surface area contributed by atoms with Gasteiger partial charge in [-0.2, -0.15) is 0 Å². The third-order valence-electron chi connectivity index (χ3n) is 2.14. The summed E-state index contributed by atoms with van der Waals surface area (Å²) < 4.78 is 1.64. The van der Waals surface area contributed by atoms with E-state index in [0.717, 1.165) is 0 Å². The molecule has 0 bridgehead atoms. The minimum Gasteiger partial charge on any atom is -0.476 e. The van der Waals surface area contributed by atoms with Crippen LogP contribution < -0.4 is 5.32 Å². The number of nitrogens with one attached hydrogen (secondary N) is 1. The number of aromatic carboxylic acids is 1. The number of rotatable bonds is 6. The number of aromatic nitrogens is 2. The van der Waals surface area contributed by atoms with E-state index in [-0.39, 0.29) is 11.6 Å². The number of hydrogen-bond donors (Lipinski definition) is 2. The van der Waals surface area contributed by atoms with Crippen molar-refractivity contribution in [2.45, 2.75) is 26.8 Å². The third kappa shape index (κ3) is 4.67. The van der Waals surface area contributed by atoms with Crippen molar-refractivity contribution in [3.8, 4) is 0 Å². The highest BCUT2D eigenvalue weighted by Gasteiger charge is 2.07. The molecule has 1 amide bonds. The zero-order valence-electron chi connectivity index (χ0n) is 10.0. The largest absolute Gasteiger partial charge is 0.476 e. The van der Waals surface area contributed by atoms with Gasteiger partial charge in [-0.25, -0.2) is 9.78 Å².